The Labute approximate surface area is 95.7 Å². The summed E-state index contributed by atoms with van der Waals surface area (Å²) in [6.45, 7) is 2.46. The fourth-order valence-electron chi connectivity index (χ4n) is 1.51. The lowest BCUT2D eigenvalue weighted by Gasteiger charge is -2.10. The molecule has 0 radical (unpaired) electrons. The maximum Gasteiger partial charge on any atom is 0.307 e. The van der Waals surface area contributed by atoms with Crippen LogP contribution in [0, 0.1) is 5.92 Å². The smallest absolute Gasteiger partial charge is 0.307 e. The minimum Gasteiger partial charge on any atom is -0.466 e. The van der Waals surface area contributed by atoms with E-state index < -0.39 is 0 Å². The quantitative estimate of drug-likeness (QED) is 0.609. The van der Waals surface area contributed by atoms with Gasteiger partial charge in [0.15, 0.2) is 0 Å². The van der Waals surface area contributed by atoms with Crippen molar-refractivity contribution in [2.45, 2.75) is 38.6 Å². The highest BCUT2D eigenvalue weighted by Gasteiger charge is 2.29. The first-order valence-electron chi connectivity index (χ1n) is 5.81. The highest BCUT2D eigenvalue weighted by Crippen LogP contribution is 2.32. The van der Waals surface area contributed by atoms with Gasteiger partial charge >= 0.3 is 5.97 Å². The van der Waals surface area contributed by atoms with Gasteiger partial charge in [0.1, 0.15) is 0 Å². The Balaban J connectivity index is 2.03. The molecule has 3 N–H and O–H groups in total. The second-order valence-corrected chi connectivity index (χ2v) is 4.11. The number of carbonyl (C=O) groups is 2. The summed E-state index contributed by atoms with van der Waals surface area (Å²) in [5.41, 5.74) is 5.81. The number of carbonyl (C=O) groups excluding carboxylic acids is 2. The normalized spacial score (nSPS) is 16.6. The molecule has 1 aliphatic carbocycles. The van der Waals surface area contributed by atoms with Gasteiger partial charge in [0.2, 0.25) is 5.91 Å². The minimum absolute atomic E-state index is 0.0254. The lowest BCUT2D eigenvalue weighted by atomic mass is 10.1. The first kappa shape index (κ1) is 13.0. The van der Waals surface area contributed by atoms with Crippen molar-refractivity contribution < 1.29 is 14.3 Å². The molecule has 0 aromatic heterocycles. The Bertz CT molecular complexity index is 252. The van der Waals surface area contributed by atoms with Crippen LogP contribution in [0.15, 0.2) is 0 Å². The summed E-state index contributed by atoms with van der Waals surface area (Å²) in [4.78, 5) is 22.3. The number of nitrogens with two attached hydrogens (primary N) is 1. The van der Waals surface area contributed by atoms with Crippen LogP contribution in [0.5, 0.6) is 0 Å². The third-order valence-electron chi connectivity index (χ3n) is 2.61. The molecule has 1 atom stereocenters. The van der Waals surface area contributed by atoms with Crippen molar-refractivity contribution >= 4 is 11.9 Å². The van der Waals surface area contributed by atoms with Gasteiger partial charge in [-0.05, 0) is 25.7 Å². The monoisotopic (exact) mass is 228 g/mol. The van der Waals surface area contributed by atoms with Crippen molar-refractivity contribution in [1.82, 2.24) is 5.32 Å². The largest absolute Gasteiger partial charge is 0.466 e. The molecule has 0 aromatic carbocycles. The number of amides is 1. The van der Waals surface area contributed by atoms with E-state index in [4.69, 9.17) is 10.5 Å². The van der Waals surface area contributed by atoms with Crippen LogP contribution in [-0.4, -0.2) is 31.1 Å². The number of hydrogen-bond donors (Lipinski definition) is 2. The molecular weight excluding hydrogens is 208 g/mol. The molecule has 5 heteroatoms. The van der Waals surface area contributed by atoms with Crippen LogP contribution in [0.1, 0.15) is 32.6 Å². The van der Waals surface area contributed by atoms with Crippen molar-refractivity contribution in [2.75, 3.05) is 13.2 Å². The molecular formula is C11H20N2O3. The number of nitrogens with one attached hydrogen (secondary N) is 1. The predicted molar refractivity (Wildman–Crippen MR) is 59.6 cm³/mol. The molecule has 0 bridgehead atoms. The van der Waals surface area contributed by atoms with Crippen molar-refractivity contribution in [2.24, 2.45) is 11.7 Å². The van der Waals surface area contributed by atoms with E-state index in [9.17, 15) is 9.59 Å². The first-order chi connectivity index (χ1) is 7.63. The predicted octanol–water partition coefficient (Wildman–Crippen LogP) is 0.183. The van der Waals surface area contributed by atoms with E-state index in [2.05, 4.69) is 5.32 Å². The van der Waals surface area contributed by atoms with E-state index in [-0.39, 0.29) is 24.3 Å². The molecule has 0 aromatic rings. The Morgan fingerprint density at radius 1 is 1.50 bits per heavy atom. The summed E-state index contributed by atoms with van der Waals surface area (Å²) >= 11 is 0. The Hall–Kier alpha value is -1.10. The SMILES string of the molecule is CCOC(=O)CCNC(=O)CC(N)C1CC1. The van der Waals surface area contributed by atoms with Crippen LogP contribution in [0.25, 0.3) is 0 Å². The average molecular weight is 228 g/mol. The van der Waals surface area contributed by atoms with E-state index in [1.165, 1.54) is 0 Å². The zero-order chi connectivity index (χ0) is 12.0. The summed E-state index contributed by atoms with van der Waals surface area (Å²) in [6, 6.07) is -0.0254. The summed E-state index contributed by atoms with van der Waals surface area (Å²) in [6.07, 6.45) is 2.85. The van der Waals surface area contributed by atoms with E-state index in [0.29, 0.717) is 25.5 Å². The van der Waals surface area contributed by atoms with Crippen LogP contribution in [0.2, 0.25) is 0 Å². The average Bonchev–Trinajstić information content (AvgIpc) is 3.00. The molecule has 1 rings (SSSR count). The fourth-order valence-corrected chi connectivity index (χ4v) is 1.51. The van der Waals surface area contributed by atoms with E-state index in [1.807, 2.05) is 0 Å². The number of ether oxygens (including phenoxy) is 1. The lowest BCUT2D eigenvalue weighted by molar-refractivity contribution is -0.143. The molecule has 1 fully saturated rings. The summed E-state index contributed by atoms with van der Waals surface area (Å²) in [7, 11) is 0. The molecule has 0 heterocycles. The fraction of sp³-hybridized carbons (Fsp3) is 0.818. The van der Waals surface area contributed by atoms with Gasteiger partial charge in [0.25, 0.3) is 0 Å². The molecule has 1 amide bonds. The van der Waals surface area contributed by atoms with E-state index >= 15 is 0 Å². The number of esters is 1. The van der Waals surface area contributed by atoms with Crippen LogP contribution in [0.4, 0.5) is 0 Å². The van der Waals surface area contributed by atoms with Crippen molar-refractivity contribution in [3.63, 3.8) is 0 Å². The summed E-state index contributed by atoms with van der Waals surface area (Å²) in [5, 5.41) is 2.67. The topological polar surface area (TPSA) is 81.4 Å². The van der Waals surface area contributed by atoms with E-state index in [0.717, 1.165) is 12.8 Å². The van der Waals surface area contributed by atoms with Crippen LogP contribution >= 0.6 is 0 Å². The van der Waals surface area contributed by atoms with Gasteiger partial charge in [0.05, 0.1) is 13.0 Å². The third-order valence-corrected chi connectivity index (χ3v) is 2.61. The molecule has 1 aliphatic rings. The molecule has 5 nitrogen and oxygen atoms in total. The highest BCUT2D eigenvalue weighted by atomic mass is 16.5. The zero-order valence-electron chi connectivity index (χ0n) is 9.70. The second kappa shape index (κ2) is 6.48. The Morgan fingerprint density at radius 2 is 2.19 bits per heavy atom. The summed E-state index contributed by atoms with van der Waals surface area (Å²) in [5.74, 6) is 0.161. The maximum absolute atomic E-state index is 11.4. The van der Waals surface area contributed by atoms with Gasteiger partial charge in [-0.25, -0.2) is 0 Å². The van der Waals surface area contributed by atoms with Gasteiger partial charge < -0.3 is 15.8 Å². The van der Waals surface area contributed by atoms with Gasteiger partial charge in [-0.1, -0.05) is 0 Å². The lowest BCUT2D eigenvalue weighted by Crippen LogP contribution is -2.34. The molecule has 0 saturated heterocycles. The molecule has 0 spiro atoms. The van der Waals surface area contributed by atoms with Crippen LogP contribution < -0.4 is 11.1 Å². The second-order valence-electron chi connectivity index (χ2n) is 4.11. The molecule has 1 unspecified atom stereocenters. The Morgan fingerprint density at radius 3 is 2.75 bits per heavy atom. The first-order valence-corrected chi connectivity index (χ1v) is 5.81. The van der Waals surface area contributed by atoms with Crippen LogP contribution in [0.3, 0.4) is 0 Å². The zero-order valence-corrected chi connectivity index (χ0v) is 9.70. The Kier molecular flexibility index (Phi) is 5.25. The molecule has 16 heavy (non-hydrogen) atoms. The maximum atomic E-state index is 11.4. The summed E-state index contributed by atoms with van der Waals surface area (Å²) < 4.78 is 4.74. The van der Waals surface area contributed by atoms with Gasteiger partial charge in [-0.3, -0.25) is 9.59 Å². The van der Waals surface area contributed by atoms with Crippen molar-refractivity contribution in [1.29, 1.82) is 0 Å². The number of hydrogen-bond acceptors (Lipinski definition) is 4. The van der Waals surface area contributed by atoms with E-state index in [1.54, 1.807) is 6.92 Å². The highest BCUT2D eigenvalue weighted by molar-refractivity contribution is 5.77. The molecule has 92 valence electrons. The van der Waals surface area contributed by atoms with Crippen molar-refractivity contribution in [3.8, 4) is 0 Å². The van der Waals surface area contributed by atoms with Crippen LogP contribution in [-0.2, 0) is 14.3 Å². The minimum atomic E-state index is -0.283. The van der Waals surface area contributed by atoms with Crippen molar-refractivity contribution in [3.05, 3.63) is 0 Å². The molecule has 0 aliphatic heterocycles. The molecule has 1 saturated carbocycles. The van der Waals surface area contributed by atoms with Gasteiger partial charge in [-0.15, -0.1) is 0 Å². The standard InChI is InChI=1S/C11H20N2O3/c1-2-16-11(15)5-6-13-10(14)7-9(12)8-3-4-8/h8-9H,2-7,12H2,1H3,(H,13,14). The number of rotatable bonds is 7. The van der Waals surface area contributed by atoms with Gasteiger partial charge in [0, 0.05) is 19.0 Å². The third kappa shape index (κ3) is 5.11. The van der Waals surface area contributed by atoms with Gasteiger partial charge in [-0.2, -0.15) is 0 Å².